The van der Waals surface area contributed by atoms with Gasteiger partial charge >= 0.3 is 0 Å². The summed E-state index contributed by atoms with van der Waals surface area (Å²) >= 11 is 3.15. The molecule has 0 spiro atoms. The van der Waals surface area contributed by atoms with E-state index in [1.807, 2.05) is 45.0 Å². The molecule has 0 radical (unpaired) electrons. The molecule has 0 saturated heterocycles. The SMILES string of the molecule is CC(NC(=O)CSCc1nc2ccccc2s1)C(=O)NC(C)(C)C. The Hall–Kier alpha value is -1.60. The van der Waals surface area contributed by atoms with Gasteiger partial charge in [0.15, 0.2) is 0 Å². The van der Waals surface area contributed by atoms with Crippen LogP contribution in [-0.4, -0.2) is 34.1 Å². The molecule has 1 aromatic carbocycles. The van der Waals surface area contributed by atoms with E-state index in [0.29, 0.717) is 11.5 Å². The van der Waals surface area contributed by atoms with Crippen molar-refractivity contribution in [2.45, 2.75) is 45.0 Å². The molecule has 0 saturated carbocycles. The summed E-state index contributed by atoms with van der Waals surface area (Å²) < 4.78 is 1.16. The highest BCUT2D eigenvalue weighted by Gasteiger charge is 2.20. The third-order valence-corrected chi connectivity index (χ3v) is 5.23. The van der Waals surface area contributed by atoms with Gasteiger partial charge in [-0.15, -0.1) is 23.1 Å². The molecule has 2 rings (SSSR count). The Balaban J connectivity index is 1.75. The second kappa shape index (κ2) is 7.98. The highest BCUT2D eigenvalue weighted by Crippen LogP contribution is 2.24. The van der Waals surface area contributed by atoms with E-state index in [1.165, 1.54) is 11.8 Å². The van der Waals surface area contributed by atoms with Crippen LogP contribution in [0.25, 0.3) is 10.2 Å². The van der Waals surface area contributed by atoms with Crippen LogP contribution in [0.15, 0.2) is 24.3 Å². The van der Waals surface area contributed by atoms with E-state index in [-0.39, 0.29) is 17.4 Å². The minimum Gasteiger partial charge on any atom is -0.350 e. The molecule has 0 fully saturated rings. The number of thioether (sulfide) groups is 1. The van der Waals surface area contributed by atoms with E-state index in [4.69, 9.17) is 0 Å². The lowest BCUT2D eigenvalue weighted by molar-refractivity contribution is -0.128. The summed E-state index contributed by atoms with van der Waals surface area (Å²) in [5.41, 5.74) is 0.688. The zero-order valence-corrected chi connectivity index (χ0v) is 16.0. The van der Waals surface area contributed by atoms with E-state index in [2.05, 4.69) is 15.6 Å². The van der Waals surface area contributed by atoms with E-state index in [9.17, 15) is 9.59 Å². The molecule has 0 aliphatic rings. The number of nitrogens with one attached hydrogen (secondary N) is 2. The fourth-order valence-corrected chi connectivity index (χ4v) is 3.90. The van der Waals surface area contributed by atoms with Gasteiger partial charge in [0.05, 0.1) is 16.0 Å². The number of carbonyl (C=O) groups is 2. The first-order chi connectivity index (χ1) is 11.2. The number of hydrogen-bond donors (Lipinski definition) is 2. The minimum absolute atomic E-state index is 0.141. The predicted octanol–water partition coefficient (Wildman–Crippen LogP) is 2.95. The normalized spacial score (nSPS) is 12.8. The monoisotopic (exact) mass is 365 g/mol. The molecule has 7 heteroatoms. The van der Waals surface area contributed by atoms with Crippen LogP contribution in [0.3, 0.4) is 0 Å². The third kappa shape index (κ3) is 5.79. The van der Waals surface area contributed by atoms with Crippen LogP contribution < -0.4 is 10.6 Å². The highest BCUT2D eigenvalue weighted by atomic mass is 32.2. The maximum atomic E-state index is 12.0. The summed E-state index contributed by atoms with van der Waals surface area (Å²) in [7, 11) is 0. The average Bonchev–Trinajstić information content (AvgIpc) is 2.87. The Morgan fingerprint density at radius 1 is 1.29 bits per heavy atom. The van der Waals surface area contributed by atoms with Crippen LogP contribution in [0.4, 0.5) is 0 Å². The number of carbonyl (C=O) groups excluding carboxylic acids is 2. The Kier molecular flexibility index (Phi) is 6.23. The van der Waals surface area contributed by atoms with Crippen molar-refractivity contribution < 1.29 is 9.59 Å². The smallest absolute Gasteiger partial charge is 0.242 e. The Labute approximate surface area is 150 Å². The van der Waals surface area contributed by atoms with Crippen molar-refractivity contribution in [1.82, 2.24) is 15.6 Å². The second-order valence-corrected chi connectivity index (χ2v) is 8.70. The van der Waals surface area contributed by atoms with Crippen molar-refractivity contribution in [2.24, 2.45) is 0 Å². The molecule has 2 aromatic rings. The number of benzene rings is 1. The number of para-hydroxylation sites is 1. The molecule has 1 atom stereocenters. The van der Waals surface area contributed by atoms with E-state index < -0.39 is 6.04 Å². The quantitative estimate of drug-likeness (QED) is 0.826. The van der Waals surface area contributed by atoms with Gasteiger partial charge in [-0.1, -0.05) is 12.1 Å². The molecule has 2 N–H and O–H groups in total. The second-order valence-electron chi connectivity index (χ2n) is 6.60. The molecular weight excluding hydrogens is 342 g/mol. The molecule has 130 valence electrons. The zero-order chi connectivity index (χ0) is 17.7. The van der Waals surface area contributed by atoms with Gasteiger partial charge < -0.3 is 10.6 Å². The van der Waals surface area contributed by atoms with Crippen molar-refractivity contribution >= 4 is 45.1 Å². The number of amides is 2. The van der Waals surface area contributed by atoms with Crippen LogP contribution in [0.5, 0.6) is 0 Å². The van der Waals surface area contributed by atoms with Gasteiger partial charge in [0.1, 0.15) is 11.0 Å². The lowest BCUT2D eigenvalue weighted by Gasteiger charge is -2.23. The molecular formula is C17H23N3O2S2. The molecule has 2 amide bonds. The summed E-state index contributed by atoms with van der Waals surface area (Å²) in [6.45, 7) is 7.42. The van der Waals surface area contributed by atoms with Crippen LogP contribution in [-0.2, 0) is 15.3 Å². The van der Waals surface area contributed by atoms with Crippen molar-refractivity contribution in [2.75, 3.05) is 5.75 Å². The van der Waals surface area contributed by atoms with Gasteiger partial charge in [-0.3, -0.25) is 9.59 Å². The van der Waals surface area contributed by atoms with Gasteiger partial charge in [0.25, 0.3) is 0 Å². The number of rotatable bonds is 6. The van der Waals surface area contributed by atoms with Gasteiger partial charge in [0.2, 0.25) is 11.8 Å². The van der Waals surface area contributed by atoms with Crippen LogP contribution in [0, 0.1) is 0 Å². The first-order valence-electron chi connectivity index (χ1n) is 7.78. The number of hydrogen-bond acceptors (Lipinski definition) is 5. The average molecular weight is 366 g/mol. The van der Waals surface area contributed by atoms with Gasteiger partial charge in [-0.05, 0) is 39.8 Å². The van der Waals surface area contributed by atoms with Crippen molar-refractivity contribution in [3.63, 3.8) is 0 Å². The fraction of sp³-hybridized carbons (Fsp3) is 0.471. The number of fused-ring (bicyclic) bond motifs is 1. The molecule has 1 aromatic heterocycles. The first-order valence-corrected chi connectivity index (χ1v) is 9.75. The summed E-state index contributed by atoms with van der Waals surface area (Å²) in [6, 6.07) is 7.46. The number of nitrogens with zero attached hydrogens (tertiary/aromatic N) is 1. The molecule has 24 heavy (non-hydrogen) atoms. The van der Waals surface area contributed by atoms with E-state index in [0.717, 1.165) is 15.2 Å². The van der Waals surface area contributed by atoms with Gasteiger partial charge in [-0.2, -0.15) is 0 Å². The summed E-state index contributed by atoms with van der Waals surface area (Å²) in [5, 5.41) is 6.59. The third-order valence-electron chi connectivity index (χ3n) is 3.07. The number of aromatic nitrogens is 1. The van der Waals surface area contributed by atoms with Crippen LogP contribution >= 0.6 is 23.1 Å². The molecule has 1 heterocycles. The lowest BCUT2D eigenvalue weighted by Crippen LogP contribution is -2.51. The van der Waals surface area contributed by atoms with Crippen molar-refractivity contribution in [3.05, 3.63) is 29.3 Å². The van der Waals surface area contributed by atoms with E-state index >= 15 is 0 Å². The predicted molar refractivity (Wildman–Crippen MR) is 101 cm³/mol. The Morgan fingerprint density at radius 3 is 2.67 bits per heavy atom. The molecule has 0 aliphatic carbocycles. The van der Waals surface area contributed by atoms with Gasteiger partial charge in [-0.25, -0.2) is 4.98 Å². The minimum atomic E-state index is -0.542. The van der Waals surface area contributed by atoms with Crippen molar-refractivity contribution in [3.8, 4) is 0 Å². The standard InChI is InChI=1S/C17H23N3O2S2/c1-11(16(22)20-17(2,3)4)18-14(21)9-23-10-15-19-12-7-5-6-8-13(12)24-15/h5-8,11H,9-10H2,1-4H3,(H,18,21)(H,20,22). The fourth-order valence-electron chi connectivity index (χ4n) is 2.04. The maximum Gasteiger partial charge on any atom is 0.242 e. The Bertz CT molecular complexity index is 689. The van der Waals surface area contributed by atoms with Crippen molar-refractivity contribution in [1.29, 1.82) is 0 Å². The maximum absolute atomic E-state index is 12.0. The van der Waals surface area contributed by atoms with Gasteiger partial charge in [0, 0.05) is 11.3 Å². The summed E-state index contributed by atoms with van der Waals surface area (Å²) in [5.74, 6) is 0.683. The Morgan fingerprint density at radius 2 is 2.00 bits per heavy atom. The summed E-state index contributed by atoms with van der Waals surface area (Å²) in [6.07, 6.45) is 0. The van der Waals surface area contributed by atoms with Crippen LogP contribution in [0.1, 0.15) is 32.7 Å². The first kappa shape index (κ1) is 18.7. The molecule has 1 unspecified atom stereocenters. The molecule has 0 bridgehead atoms. The molecule has 5 nitrogen and oxygen atoms in total. The topological polar surface area (TPSA) is 71.1 Å². The largest absolute Gasteiger partial charge is 0.350 e. The summed E-state index contributed by atoms with van der Waals surface area (Å²) in [4.78, 5) is 28.4. The molecule has 0 aliphatic heterocycles. The number of thiazole rings is 1. The van der Waals surface area contributed by atoms with Crippen LogP contribution in [0.2, 0.25) is 0 Å². The lowest BCUT2D eigenvalue weighted by atomic mass is 10.1. The zero-order valence-electron chi connectivity index (χ0n) is 14.4. The van der Waals surface area contributed by atoms with E-state index in [1.54, 1.807) is 18.3 Å². The highest BCUT2D eigenvalue weighted by molar-refractivity contribution is 7.99.